The van der Waals surface area contributed by atoms with Crippen molar-refractivity contribution in [2.24, 2.45) is 0 Å². The number of benzene rings is 1. The van der Waals surface area contributed by atoms with Crippen molar-refractivity contribution in [1.82, 2.24) is 0 Å². The fourth-order valence-corrected chi connectivity index (χ4v) is 1.50. The zero-order chi connectivity index (χ0) is 13.8. The fraction of sp³-hybridized carbons (Fsp3) is 0.231. The molecule has 1 heterocycles. The van der Waals surface area contributed by atoms with E-state index in [0.29, 0.717) is 11.3 Å². The van der Waals surface area contributed by atoms with Gasteiger partial charge in [0.1, 0.15) is 11.3 Å². The number of carbonyl (C=O) groups is 2. The molecule has 2 aromatic rings. The van der Waals surface area contributed by atoms with E-state index in [-0.39, 0.29) is 12.4 Å². The number of esters is 2. The summed E-state index contributed by atoms with van der Waals surface area (Å²) < 4.78 is 19.6. The van der Waals surface area contributed by atoms with E-state index in [9.17, 15) is 9.59 Å². The molecule has 0 saturated heterocycles. The van der Waals surface area contributed by atoms with Crippen LogP contribution in [0.5, 0.6) is 5.75 Å². The molecule has 100 valence electrons. The summed E-state index contributed by atoms with van der Waals surface area (Å²) in [6.45, 7) is -0.188. The first-order valence-corrected chi connectivity index (χ1v) is 5.45. The van der Waals surface area contributed by atoms with Crippen LogP contribution in [-0.4, -0.2) is 32.8 Å². The Labute approximate surface area is 108 Å². The Morgan fingerprint density at radius 1 is 1.16 bits per heavy atom. The normalized spacial score (nSPS) is 10.2. The minimum absolute atomic E-state index is 0.114. The Hall–Kier alpha value is -2.50. The zero-order valence-corrected chi connectivity index (χ0v) is 10.5. The molecule has 0 spiro atoms. The molecule has 0 aliphatic rings. The van der Waals surface area contributed by atoms with Crippen LogP contribution < -0.4 is 4.74 Å². The molecule has 0 radical (unpaired) electrons. The summed E-state index contributed by atoms with van der Waals surface area (Å²) in [6, 6.07) is 6.55. The van der Waals surface area contributed by atoms with E-state index >= 15 is 0 Å². The maximum Gasteiger partial charge on any atom is 0.373 e. The van der Waals surface area contributed by atoms with Gasteiger partial charge in [-0.3, -0.25) is 0 Å². The van der Waals surface area contributed by atoms with Crippen molar-refractivity contribution in [1.29, 1.82) is 0 Å². The molecule has 6 heteroatoms. The quantitative estimate of drug-likeness (QED) is 0.783. The van der Waals surface area contributed by atoms with Crippen LogP contribution in [0.2, 0.25) is 0 Å². The Balaban J connectivity index is 2.20. The highest BCUT2D eigenvalue weighted by molar-refractivity contribution is 5.92. The summed E-state index contributed by atoms with van der Waals surface area (Å²) in [6.07, 6.45) is 0. The van der Waals surface area contributed by atoms with Crippen molar-refractivity contribution < 1.29 is 28.2 Å². The lowest BCUT2D eigenvalue weighted by Crippen LogP contribution is -2.12. The predicted molar refractivity (Wildman–Crippen MR) is 65.1 cm³/mol. The largest absolute Gasteiger partial charge is 0.482 e. The highest BCUT2D eigenvalue weighted by Gasteiger charge is 2.13. The van der Waals surface area contributed by atoms with Crippen molar-refractivity contribution in [3.63, 3.8) is 0 Å². The van der Waals surface area contributed by atoms with Gasteiger partial charge in [0.25, 0.3) is 0 Å². The number of methoxy groups -OCH3 is 2. The molecule has 0 N–H and O–H groups in total. The van der Waals surface area contributed by atoms with E-state index < -0.39 is 11.9 Å². The summed E-state index contributed by atoms with van der Waals surface area (Å²) in [7, 11) is 2.56. The average molecular weight is 264 g/mol. The maximum absolute atomic E-state index is 11.3. The monoisotopic (exact) mass is 264 g/mol. The van der Waals surface area contributed by atoms with Gasteiger partial charge in [-0.15, -0.1) is 0 Å². The second-order valence-electron chi connectivity index (χ2n) is 3.67. The molecule has 0 unspecified atom stereocenters. The summed E-state index contributed by atoms with van der Waals surface area (Å²) in [5.41, 5.74) is 0.475. The molecule has 0 aliphatic carbocycles. The van der Waals surface area contributed by atoms with Gasteiger partial charge >= 0.3 is 11.9 Å². The summed E-state index contributed by atoms with van der Waals surface area (Å²) in [5.74, 6) is -0.464. The molecule has 0 saturated carbocycles. The second-order valence-corrected chi connectivity index (χ2v) is 3.67. The van der Waals surface area contributed by atoms with Crippen molar-refractivity contribution in [3.8, 4) is 5.75 Å². The molecule has 0 amide bonds. The van der Waals surface area contributed by atoms with E-state index in [0.717, 1.165) is 5.39 Å². The van der Waals surface area contributed by atoms with Crippen LogP contribution in [0.15, 0.2) is 28.7 Å². The number of ether oxygens (including phenoxy) is 3. The molecule has 6 nitrogen and oxygen atoms in total. The minimum Gasteiger partial charge on any atom is -0.482 e. The van der Waals surface area contributed by atoms with Gasteiger partial charge in [-0.2, -0.15) is 0 Å². The number of carbonyl (C=O) groups excluding carboxylic acids is 2. The van der Waals surface area contributed by atoms with Gasteiger partial charge in [0, 0.05) is 11.5 Å². The van der Waals surface area contributed by atoms with Gasteiger partial charge in [0.2, 0.25) is 5.76 Å². The van der Waals surface area contributed by atoms with Crippen molar-refractivity contribution in [2.45, 2.75) is 0 Å². The first-order chi connectivity index (χ1) is 9.13. The van der Waals surface area contributed by atoms with E-state index in [4.69, 9.17) is 9.15 Å². The third-order valence-corrected chi connectivity index (χ3v) is 2.46. The predicted octanol–water partition coefficient (Wildman–Crippen LogP) is 1.77. The topological polar surface area (TPSA) is 75.0 Å². The van der Waals surface area contributed by atoms with E-state index in [1.807, 2.05) is 0 Å². The molecule has 0 fully saturated rings. The Morgan fingerprint density at radius 3 is 2.63 bits per heavy atom. The van der Waals surface area contributed by atoms with Crippen LogP contribution in [0.25, 0.3) is 11.0 Å². The van der Waals surface area contributed by atoms with Gasteiger partial charge in [-0.05, 0) is 18.2 Å². The number of fused-ring (bicyclic) bond motifs is 1. The van der Waals surface area contributed by atoms with Crippen LogP contribution >= 0.6 is 0 Å². The fourth-order valence-electron chi connectivity index (χ4n) is 1.50. The highest BCUT2D eigenvalue weighted by atomic mass is 16.6. The minimum atomic E-state index is -0.548. The number of rotatable bonds is 4. The lowest BCUT2D eigenvalue weighted by molar-refractivity contribution is -0.142. The molecule has 1 aromatic carbocycles. The van der Waals surface area contributed by atoms with Crippen molar-refractivity contribution >= 4 is 22.9 Å². The van der Waals surface area contributed by atoms with E-state index in [2.05, 4.69) is 9.47 Å². The molecular weight excluding hydrogens is 252 g/mol. The smallest absolute Gasteiger partial charge is 0.373 e. The Morgan fingerprint density at radius 2 is 1.95 bits per heavy atom. The number of furan rings is 1. The lowest BCUT2D eigenvalue weighted by Gasteiger charge is -2.03. The van der Waals surface area contributed by atoms with Crippen LogP contribution in [0.4, 0.5) is 0 Å². The molecule has 0 aliphatic heterocycles. The number of hydrogen-bond acceptors (Lipinski definition) is 6. The molecular formula is C13H12O6. The van der Waals surface area contributed by atoms with Gasteiger partial charge < -0.3 is 18.6 Å². The van der Waals surface area contributed by atoms with Crippen LogP contribution in [0.3, 0.4) is 0 Å². The van der Waals surface area contributed by atoms with Crippen molar-refractivity contribution in [2.75, 3.05) is 20.8 Å². The van der Waals surface area contributed by atoms with Crippen molar-refractivity contribution in [3.05, 3.63) is 30.0 Å². The summed E-state index contributed by atoms with van der Waals surface area (Å²) >= 11 is 0. The van der Waals surface area contributed by atoms with Gasteiger partial charge in [0.15, 0.2) is 6.61 Å². The SMILES string of the molecule is COC(=O)COc1ccc2cc(C(=O)OC)oc2c1. The third kappa shape index (κ3) is 2.85. The zero-order valence-electron chi connectivity index (χ0n) is 10.5. The lowest BCUT2D eigenvalue weighted by atomic mass is 10.2. The second kappa shape index (κ2) is 5.43. The molecule has 2 rings (SSSR count). The van der Waals surface area contributed by atoms with E-state index in [1.165, 1.54) is 14.2 Å². The first-order valence-electron chi connectivity index (χ1n) is 5.45. The standard InChI is InChI=1S/C13H12O6/c1-16-12(14)7-18-9-4-3-8-5-11(13(15)17-2)19-10(8)6-9/h3-6H,7H2,1-2H3. The first kappa shape index (κ1) is 12.9. The molecule has 0 bridgehead atoms. The van der Waals surface area contributed by atoms with Crippen LogP contribution in [0.1, 0.15) is 10.6 Å². The Bertz CT molecular complexity index is 613. The average Bonchev–Trinajstić information content (AvgIpc) is 2.86. The van der Waals surface area contributed by atoms with Crippen LogP contribution in [-0.2, 0) is 14.3 Å². The molecule has 0 atom stereocenters. The highest BCUT2D eigenvalue weighted by Crippen LogP contribution is 2.24. The summed E-state index contributed by atoms with van der Waals surface area (Å²) in [4.78, 5) is 22.3. The van der Waals surface area contributed by atoms with Gasteiger partial charge in [-0.25, -0.2) is 9.59 Å². The molecule has 1 aromatic heterocycles. The maximum atomic E-state index is 11.3. The Kier molecular flexibility index (Phi) is 3.70. The van der Waals surface area contributed by atoms with Crippen LogP contribution in [0, 0.1) is 0 Å². The third-order valence-electron chi connectivity index (χ3n) is 2.46. The molecule has 19 heavy (non-hydrogen) atoms. The van der Waals surface area contributed by atoms with Gasteiger partial charge in [0.05, 0.1) is 14.2 Å². The number of hydrogen-bond donors (Lipinski definition) is 0. The summed E-state index contributed by atoms with van der Waals surface area (Å²) in [5, 5.41) is 0.741. The van der Waals surface area contributed by atoms with Gasteiger partial charge in [-0.1, -0.05) is 0 Å². The van der Waals surface area contributed by atoms with E-state index in [1.54, 1.807) is 24.3 Å².